The third kappa shape index (κ3) is 15.0. The van der Waals surface area contributed by atoms with Gasteiger partial charge in [-0.2, -0.15) is 0 Å². The maximum absolute atomic E-state index is 11.3. The van der Waals surface area contributed by atoms with Gasteiger partial charge in [0.25, 0.3) is 0 Å². The quantitative estimate of drug-likeness (QED) is 0.539. The highest BCUT2D eigenvalue weighted by Gasteiger charge is 2.01. The molecule has 0 saturated carbocycles. The highest BCUT2D eigenvalue weighted by atomic mass is 16.5. The highest BCUT2D eigenvalue weighted by molar-refractivity contribution is 5.77. The van der Waals surface area contributed by atoms with E-state index in [4.69, 9.17) is 4.74 Å². The van der Waals surface area contributed by atoms with E-state index in [1.165, 1.54) is 12.8 Å². The topological polar surface area (TPSA) is 67.4 Å². The van der Waals surface area contributed by atoms with E-state index >= 15 is 0 Å². The summed E-state index contributed by atoms with van der Waals surface area (Å²) in [5.41, 5.74) is 0. The molecule has 0 heterocycles. The Labute approximate surface area is 122 Å². The fourth-order valence-corrected chi connectivity index (χ4v) is 1.74. The van der Waals surface area contributed by atoms with Gasteiger partial charge in [0.15, 0.2) is 0 Å². The molecular formula is C15H30N2O3. The minimum atomic E-state index is -0.0333. The van der Waals surface area contributed by atoms with Crippen molar-refractivity contribution in [1.82, 2.24) is 10.6 Å². The van der Waals surface area contributed by atoms with Crippen molar-refractivity contribution < 1.29 is 14.3 Å². The molecule has 0 aliphatic carbocycles. The molecule has 118 valence electrons. The van der Waals surface area contributed by atoms with Crippen LogP contribution in [-0.2, 0) is 14.3 Å². The van der Waals surface area contributed by atoms with Gasteiger partial charge in [-0.3, -0.25) is 9.59 Å². The Morgan fingerprint density at radius 2 is 1.40 bits per heavy atom. The van der Waals surface area contributed by atoms with Gasteiger partial charge < -0.3 is 15.4 Å². The van der Waals surface area contributed by atoms with Crippen LogP contribution in [0.25, 0.3) is 0 Å². The molecule has 0 aliphatic rings. The predicted octanol–water partition coefficient (Wildman–Crippen LogP) is 2.00. The lowest BCUT2D eigenvalue weighted by molar-refractivity contribution is -0.127. The van der Waals surface area contributed by atoms with Gasteiger partial charge in [-0.1, -0.05) is 25.7 Å². The van der Waals surface area contributed by atoms with E-state index in [0.29, 0.717) is 0 Å². The summed E-state index contributed by atoms with van der Waals surface area (Å²) in [6.07, 6.45) is 6.79. The smallest absolute Gasteiger partial charge is 0.246 e. The zero-order valence-electron chi connectivity index (χ0n) is 13.2. The molecule has 0 rings (SSSR count). The number of nitrogens with one attached hydrogen (secondary N) is 2. The summed E-state index contributed by atoms with van der Waals surface area (Å²) in [4.78, 5) is 22.0. The zero-order valence-corrected chi connectivity index (χ0v) is 13.2. The summed E-state index contributed by atoms with van der Waals surface area (Å²) in [7, 11) is 0. The molecule has 0 atom stereocenters. The third-order valence-corrected chi connectivity index (χ3v) is 2.85. The van der Waals surface area contributed by atoms with Crippen molar-refractivity contribution in [3.63, 3.8) is 0 Å². The first-order valence-electron chi connectivity index (χ1n) is 7.65. The molecule has 0 aromatic carbocycles. The minimum Gasteiger partial charge on any atom is -0.369 e. The van der Waals surface area contributed by atoms with E-state index in [-0.39, 0.29) is 24.5 Å². The Hall–Kier alpha value is -1.10. The number of ether oxygens (including phenoxy) is 1. The number of hydrogen-bond acceptors (Lipinski definition) is 3. The fraction of sp³-hybridized carbons (Fsp3) is 0.867. The molecule has 2 N–H and O–H groups in total. The first-order valence-corrected chi connectivity index (χ1v) is 7.65. The Morgan fingerprint density at radius 1 is 0.900 bits per heavy atom. The maximum atomic E-state index is 11.3. The van der Waals surface area contributed by atoms with Crippen LogP contribution in [0.1, 0.15) is 59.3 Å². The summed E-state index contributed by atoms with van der Waals surface area (Å²) in [6.45, 7) is 7.03. The van der Waals surface area contributed by atoms with Gasteiger partial charge in [-0.05, 0) is 26.7 Å². The van der Waals surface area contributed by atoms with Crippen LogP contribution in [0.3, 0.4) is 0 Å². The van der Waals surface area contributed by atoms with Crippen LogP contribution >= 0.6 is 0 Å². The van der Waals surface area contributed by atoms with E-state index < -0.39 is 0 Å². The van der Waals surface area contributed by atoms with Crippen molar-refractivity contribution in [3.05, 3.63) is 0 Å². The number of hydrogen-bond donors (Lipinski definition) is 2. The summed E-state index contributed by atoms with van der Waals surface area (Å²) < 4.78 is 5.21. The second kappa shape index (κ2) is 12.9. The van der Waals surface area contributed by atoms with E-state index in [0.717, 1.165) is 38.8 Å². The number of rotatable bonds is 12. The molecule has 0 aromatic heterocycles. The van der Waals surface area contributed by atoms with Gasteiger partial charge >= 0.3 is 0 Å². The van der Waals surface area contributed by atoms with Gasteiger partial charge in [0.1, 0.15) is 6.61 Å². The average molecular weight is 286 g/mol. The van der Waals surface area contributed by atoms with Crippen molar-refractivity contribution >= 4 is 11.8 Å². The molecule has 0 fully saturated rings. The Morgan fingerprint density at radius 3 is 1.90 bits per heavy atom. The van der Waals surface area contributed by atoms with Crippen LogP contribution in [0.15, 0.2) is 0 Å². The molecule has 5 nitrogen and oxygen atoms in total. The Kier molecular flexibility index (Phi) is 12.2. The highest BCUT2D eigenvalue weighted by Crippen LogP contribution is 2.04. The van der Waals surface area contributed by atoms with Crippen LogP contribution < -0.4 is 10.6 Å². The van der Waals surface area contributed by atoms with Crippen LogP contribution in [-0.4, -0.2) is 37.6 Å². The second-order valence-electron chi connectivity index (χ2n) is 5.31. The standard InChI is InChI=1S/C15H30N2O3/c1-13(2)20-12-15(19)17-11-9-7-5-4-6-8-10-16-14(3)18/h13H,4-12H2,1-3H3,(H,16,18)(H,17,19). The zero-order chi connectivity index (χ0) is 15.2. The van der Waals surface area contributed by atoms with Crippen molar-refractivity contribution in [2.75, 3.05) is 19.7 Å². The van der Waals surface area contributed by atoms with Gasteiger partial charge in [0.2, 0.25) is 11.8 Å². The Balaban J connectivity index is 3.16. The summed E-state index contributed by atoms with van der Waals surface area (Å²) >= 11 is 0. The van der Waals surface area contributed by atoms with Crippen molar-refractivity contribution in [3.8, 4) is 0 Å². The largest absolute Gasteiger partial charge is 0.369 e. The van der Waals surface area contributed by atoms with Crippen molar-refractivity contribution in [2.24, 2.45) is 0 Å². The number of carbonyl (C=O) groups excluding carboxylic acids is 2. The van der Waals surface area contributed by atoms with Gasteiger partial charge in [0.05, 0.1) is 6.10 Å². The number of unbranched alkanes of at least 4 members (excludes halogenated alkanes) is 5. The van der Waals surface area contributed by atoms with Gasteiger partial charge in [-0.15, -0.1) is 0 Å². The summed E-state index contributed by atoms with van der Waals surface area (Å²) in [5.74, 6) is 0.0104. The third-order valence-electron chi connectivity index (χ3n) is 2.85. The van der Waals surface area contributed by atoms with E-state index in [2.05, 4.69) is 10.6 Å². The van der Waals surface area contributed by atoms with E-state index in [1.54, 1.807) is 6.92 Å². The molecule has 0 aromatic rings. The molecule has 20 heavy (non-hydrogen) atoms. The molecule has 0 bridgehead atoms. The SMILES string of the molecule is CC(=O)NCCCCCCCCNC(=O)COC(C)C. The molecule has 0 radical (unpaired) electrons. The van der Waals surface area contributed by atoms with E-state index in [1.807, 2.05) is 13.8 Å². The van der Waals surface area contributed by atoms with E-state index in [9.17, 15) is 9.59 Å². The van der Waals surface area contributed by atoms with Crippen LogP contribution in [0.4, 0.5) is 0 Å². The summed E-state index contributed by atoms with van der Waals surface area (Å²) in [5, 5.41) is 5.64. The van der Waals surface area contributed by atoms with Crippen molar-refractivity contribution in [1.29, 1.82) is 0 Å². The van der Waals surface area contributed by atoms with Gasteiger partial charge in [0, 0.05) is 20.0 Å². The lowest BCUT2D eigenvalue weighted by Gasteiger charge is -2.08. The van der Waals surface area contributed by atoms with Gasteiger partial charge in [-0.25, -0.2) is 0 Å². The lowest BCUT2D eigenvalue weighted by Crippen LogP contribution is -2.29. The first-order chi connectivity index (χ1) is 9.52. The van der Waals surface area contributed by atoms with Crippen LogP contribution in [0.5, 0.6) is 0 Å². The molecule has 2 amide bonds. The minimum absolute atomic E-state index is 0.0333. The number of carbonyl (C=O) groups is 2. The maximum Gasteiger partial charge on any atom is 0.246 e. The van der Waals surface area contributed by atoms with Crippen LogP contribution in [0.2, 0.25) is 0 Å². The Bertz CT molecular complexity index is 268. The molecular weight excluding hydrogens is 256 g/mol. The number of amides is 2. The predicted molar refractivity (Wildman–Crippen MR) is 80.5 cm³/mol. The summed E-state index contributed by atoms with van der Waals surface area (Å²) in [6, 6.07) is 0. The average Bonchev–Trinajstić information content (AvgIpc) is 2.38. The molecule has 0 unspecified atom stereocenters. The normalized spacial score (nSPS) is 10.6. The second-order valence-corrected chi connectivity index (χ2v) is 5.31. The molecule has 0 saturated heterocycles. The lowest BCUT2D eigenvalue weighted by atomic mass is 10.1. The first kappa shape index (κ1) is 18.9. The molecule has 0 aliphatic heterocycles. The van der Waals surface area contributed by atoms with Crippen molar-refractivity contribution in [2.45, 2.75) is 65.4 Å². The molecule has 0 spiro atoms. The van der Waals surface area contributed by atoms with Crippen LogP contribution in [0, 0.1) is 0 Å². The monoisotopic (exact) mass is 286 g/mol. The molecule has 5 heteroatoms. The fourth-order valence-electron chi connectivity index (χ4n) is 1.74.